The van der Waals surface area contributed by atoms with Gasteiger partial charge in [0, 0.05) is 51.0 Å². The maximum absolute atomic E-state index is 14.8. The predicted molar refractivity (Wildman–Crippen MR) is 124 cm³/mol. The maximum Gasteiger partial charge on any atom is 0.256 e. The van der Waals surface area contributed by atoms with Crippen LogP contribution < -0.4 is 9.80 Å². The molecule has 7 heteroatoms. The molecule has 33 heavy (non-hydrogen) atoms. The summed E-state index contributed by atoms with van der Waals surface area (Å²) in [5.41, 5.74) is 3.36. The number of anilines is 2. The molecule has 6 nitrogen and oxygen atoms in total. The fourth-order valence-corrected chi connectivity index (χ4v) is 5.15. The fourth-order valence-electron chi connectivity index (χ4n) is 5.15. The van der Waals surface area contributed by atoms with Crippen molar-refractivity contribution in [1.82, 2.24) is 9.88 Å². The Bertz CT molecular complexity index is 1100. The van der Waals surface area contributed by atoms with Crippen molar-refractivity contribution < 1.29 is 14.0 Å². The summed E-state index contributed by atoms with van der Waals surface area (Å²) in [7, 11) is 0. The minimum atomic E-state index is -0.562. The first-order valence-electron chi connectivity index (χ1n) is 12.2. The molecule has 4 fully saturated rings. The van der Waals surface area contributed by atoms with Gasteiger partial charge in [-0.1, -0.05) is 6.07 Å². The van der Waals surface area contributed by atoms with Gasteiger partial charge in [-0.15, -0.1) is 0 Å². The number of nitrogens with zero attached hydrogens (tertiary/aromatic N) is 4. The van der Waals surface area contributed by atoms with Crippen LogP contribution >= 0.6 is 0 Å². The Hall–Kier alpha value is -2.96. The van der Waals surface area contributed by atoms with Crippen LogP contribution in [0.2, 0.25) is 0 Å². The van der Waals surface area contributed by atoms with Crippen molar-refractivity contribution in [3.8, 4) is 0 Å². The predicted octanol–water partition coefficient (Wildman–Crippen LogP) is 4.06. The summed E-state index contributed by atoms with van der Waals surface area (Å²) >= 11 is 0. The zero-order valence-corrected chi connectivity index (χ0v) is 18.8. The number of hydrogen-bond donors (Lipinski definition) is 0. The van der Waals surface area contributed by atoms with Crippen molar-refractivity contribution >= 4 is 23.3 Å². The van der Waals surface area contributed by atoms with Crippen LogP contribution in [0.1, 0.15) is 71.8 Å². The zero-order valence-electron chi connectivity index (χ0n) is 18.8. The van der Waals surface area contributed by atoms with E-state index in [4.69, 9.17) is 4.98 Å². The number of piperazine rings is 1. The lowest BCUT2D eigenvalue weighted by atomic mass is 10.1. The lowest BCUT2D eigenvalue weighted by Crippen LogP contribution is -2.49. The highest BCUT2D eigenvalue weighted by molar-refractivity contribution is 5.98. The third-order valence-corrected chi connectivity index (χ3v) is 7.42. The largest absolute Gasteiger partial charge is 0.353 e. The molecule has 0 N–H and O–H groups in total. The Kier molecular flexibility index (Phi) is 5.07. The molecule has 1 aromatic heterocycles. The van der Waals surface area contributed by atoms with Crippen molar-refractivity contribution in [2.45, 2.75) is 50.4 Å². The number of carbonyl (C=O) groups excluding carboxylic acids is 2. The van der Waals surface area contributed by atoms with Crippen LogP contribution in [0.15, 0.2) is 30.5 Å². The van der Waals surface area contributed by atoms with E-state index in [1.165, 1.54) is 48.9 Å². The highest BCUT2D eigenvalue weighted by Gasteiger charge is 2.33. The molecule has 172 valence electrons. The van der Waals surface area contributed by atoms with Gasteiger partial charge in [0.2, 0.25) is 5.91 Å². The lowest BCUT2D eigenvalue weighted by Gasteiger charge is -2.36. The Morgan fingerprint density at radius 1 is 0.970 bits per heavy atom. The number of benzene rings is 1. The minimum absolute atomic E-state index is 0.00828. The van der Waals surface area contributed by atoms with Gasteiger partial charge in [0.1, 0.15) is 11.6 Å². The molecule has 2 saturated carbocycles. The molecule has 2 aromatic rings. The van der Waals surface area contributed by atoms with Crippen LogP contribution in [0.25, 0.3) is 0 Å². The van der Waals surface area contributed by atoms with Crippen LogP contribution in [0.4, 0.5) is 15.9 Å². The molecule has 0 bridgehead atoms. The monoisotopic (exact) mass is 448 g/mol. The summed E-state index contributed by atoms with van der Waals surface area (Å²) in [5.74, 6) is 1.55. The summed E-state index contributed by atoms with van der Waals surface area (Å²) in [4.78, 5) is 35.4. The Labute approximate surface area is 193 Å². The maximum atomic E-state index is 14.8. The molecule has 2 aliphatic carbocycles. The van der Waals surface area contributed by atoms with Crippen LogP contribution in [-0.2, 0) is 4.79 Å². The average Bonchev–Trinajstić information content (AvgIpc) is 3.76. The molecule has 2 amide bonds. The summed E-state index contributed by atoms with van der Waals surface area (Å²) < 4.78 is 14.8. The number of amides is 2. The Morgan fingerprint density at radius 2 is 1.73 bits per heavy atom. The van der Waals surface area contributed by atoms with E-state index >= 15 is 0 Å². The number of hydrogen-bond acceptors (Lipinski definition) is 4. The fraction of sp³-hybridized carbons (Fsp3) is 0.500. The topological polar surface area (TPSA) is 56.8 Å². The van der Waals surface area contributed by atoms with E-state index in [0.29, 0.717) is 56.7 Å². The molecule has 0 spiro atoms. The van der Waals surface area contributed by atoms with Gasteiger partial charge in [0.15, 0.2) is 0 Å². The van der Waals surface area contributed by atoms with Crippen molar-refractivity contribution in [2.24, 2.45) is 0 Å². The molecule has 0 unspecified atom stereocenters. The first kappa shape index (κ1) is 20.6. The van der Waals surface area contributed by atoms with Gasteiger partial charge in [-0.25, -0.2) is 9.37 Å². The van der Waals surface area contributed by atoms with Gasteiger partial charge in [-0.2, -0.15) is 0 Å². The first-order valence-corrected chi connectivity index (χ1v) is 12.2. The number of carbonyl (C=O) groups is 2. The van der Waals surface area contributed by atoms with E-state index in [2.05, 4.69) is 11.0 Å². The molecular formula is C26H29FN4O2. The highest BCUT2D eigenvalue weighted by Crippen LogP contribution is 2.47. The summed E-state index contributed by atoms with van der Waals surface area (Å²) in [6.07, 6.45) is 8.34. The van der Waals surface area contributed by atoms with E-state index in [-0.39, 0.29) is 17.4 Å². The summed E-state index contributed by atoms with van der Waals surface area (Å²) in [6, 6.07) is 6.90. The molecule has 0 radical (unpaired) electrons. The molecule has 1 aromatic carbocycles. The minimum Gasteiger partial charge on any atom is -0.353 e. The number of rotatable bonds is 5. The van der Waals surface area contributed by atoms with Crippen LogP contribution in [-0.4, -0.2) is 54.4 Å². The summed E-state index contributed by atoms with van der Waals surface area (Å²) in [6.45, 7) is 3.08. The SMILES string of the molecule is O=C(c1ccc(N2CCCC2=O)cc1F)N1CCN(c2ncc(C3CC3)cc2C2CC2)CC1. The average molecular weight is 449 g/mol. The van der Waals surface area contributed by atoms with Gasteiger partial charge in [0.05, 0.1) is 5.56 Å². The van der Waals surface area contributed by atoms with Crippen molar-refractivity contribution in [3.63, 3.8) is 0 Å². The van der Waals surface area contributed by atoms with E-state index in [1.807, 2.05) is 6.20 Å². The van der Waals surface area contributed by atoms with Gasteiger partial charge in [0.25, 0.3) is 5.91 Å². The zero-order chi connectivity index (χ0) is 22.5. The highest BCUT2D eigenvalue weighted by atomic mass is 19.1. The number of halogens is 1. The molecule has 2 aliphatic heterocycles. The van der Waals surface area contributed by atoms with E-state index in [1.54, 1.807) is 15.9 Å². The third-order valence-electron chi connectivity index (χ3n) is 7.42. The molecule has 0 atom stereocenters. The first-order chi connectivity index (χ1) is 16.1. The molecule has 6 rings (SSSR count). The van der Waals surface area contributed by atoms with Crippen LogP contribution in [0, 0.1) is 5.82 Å². The Morgan fingerprint density at radius 3 is 2.36 bits per heavy atom. The van der Waals surface area contributed by atoms with Gasteiger partial charge < -0.3 is 14.7 Å². The van der Waals surface area contributed by atoms with E-state index in [9.17, 15) is 14.0 Å². The van der Waals surface area contributed by atoms with Crippen LogP contribution in [0.3, 0.4) is 0 Å². The van der Waals surface area contributed by atoms with Crippen molar-refractivity contribution in [1.29, 1.82) is 0 Å². The molecule has 4 aliphatic rings. The third kappa shape index (κ3) is 3.98. The molecular weight excluding hydrogens is 419 g/mol. The molecule has 2 saturated heterocycles. The lowest BCUT2D eigenvalue weighted by molar-refractivity contribution is -0.117. The quantitative estimate of drug-likeness (QED) is 0.692. The number of aromatic nitrogens is 1. The van der Waals surface area contributed by atoms with Crippen molar-refractivity contribution in [2.75, 3.05) is 42.5 Å². The smallest absolute Gasteiger partial charge is 0.256 e. The second-order valence-corrected chi connectivity index (χ2v) is 9.82. The normalized spacial score (nSPS) is 21.1. The standard InChI is InChI=1S/C26H29FN4O2/c27-23-15-20(31-9-1-2-24(31)32)7-8-21(23)26(33)30-12-10-29(11-13-30)25-22(18-5-6-18)14-19(16-28-25)17-3-4-17/h7-8,14-18H,1-6,9-13H2. The van der Waals surface area contributed by atoms with E-state index in [0.717, 1.165) is 12.2 Å². The van der Waals surface area contributed by atoms with Crippen LogP contribution in [0.5, 0.6) is 0 Å². The second kappa shape index (κ2) is 8.12. The van der Waals surface area contributed by atoms with Gasteiger partial charge >= 0.3 is 0 Å². The second-order valence-electron chi connectivity index (χ2n) is 9.82. The van der Waals surface area contributed by atoms with Crippen molar-refractivity contribution in [3.05, 3.63) is 53.0 Å². The van der Waals surface area contributed by atoms with Gasteiger partial charge in [-0.3, -0.25) is 9.59 Å². The van der Waals surface area contributed by atoms with E-state index < -0.39 is 5.82 Å². The molecule has 3 heterocycles. The van der Waals surface area contributed by atoms with Gasteiger partial charge in [-0.05, 0) is 73.3 Å². The Balaban J connectivity index is 1.14. The number of pyridine rings is 1. The summed E-state index contributed by atoms with van der Waals surface area (Å²) in [5, 5.41) is 0.